The van der Waals surface area contributed by atoms with Crippen molar-refractivity contribution in [2.75, 3.05) is 25.0 Å². The lowest BCUT2D eigenvalue weighted by Crippen LogP contribution is -2.45. The first-order valence-electron chi connectivity index (χ1n) is 9.46. The minimum Gasteiger partial charge on any atom is -0.339 e. The average molecular weight is 343 g/mol. The molecule has 2 amide bonds. The molecular formula is C20H29N3O2. The van der Waals surface area contributed by atoms with Crippen molar-refractivity contribution in [3.63, 3.8) is 0 Å². The van der Waals surface area contributed by atoms with E-state index >= 15 is 0 Å². The number of rotatable bonds is 6. The van der Waals surface area contributed by atoms with Gasteiger partial charge >= 0.3 is 0 Å². The van der Waals surface area contributed by atoms with E-state index in [1.165, 1.54) is 12.8 Å². The zero-order valence-electron chi connectivity index (χ0n) is 15.3. The Morgan fingerprint density at radius 2 is 1.72 bits per heavy atom. The second-order valence-corrected chi connectivity index (χ2v) is 7.64. The Kier molecular flexibility index (Phi) is 5.74. The lowest BCUT2D eigenvalue weighted by atomic mass is 10.0. The van der Waals surface area contributed by atoms with Crippen molar-refractivity contribution >= 4 is 17.5 Å². The van der Waals surface area contributed by atoms with Gasteiger partial charge in [0.1, 0.15) is 0 Å². The van der Waals surface area contributed by atoms with E-state index in [1.807, 2.05) is 18.7 Å². The van der Waals surface area contributed by atoms with Crippen LogP contribution in [0.15, 0.2) is 24.3 Å². The molecule has 1 heterocycles. The van der Waals surface area contributed by atoms with E-state index in [9.17, 15) is 9.59 Å². The molecule has 0 spiro atoms. The van der Waals surface area contributed by atoms with Crippen molar-refractivity contribution in [1.82, 2.24) is 10.2 Å². The molecule has 3 rings (SSSR count). The van der Waals surface area contributed by atoms with Crippen LogP contribution < -0.4 is 10.6 Å². The summed E-state index contributed by atoms with van der Waals surface area (Å²) in [7, 11) is 0. The van der Waals surface area contributed by atoms with Crippen LogP contribution >= 0.6 is 0 Å². The molecule has 1 aliphatic carbocycles. The van der Waals surface area contributed by atoms with Gasteiger partial charge in [0.05, 0.1) is 0 Å². The number of benzene rings is 1. The summed E-state index contributed by atoms with van der Waals surface area (Å²) in [6.45, 7) is 6.48. The third-order valence-electron chi connectivity index (χ3n) is 5.10. The van der Waals surface area contributed by atoms with Gasteiger partial charge in [-0.05, 0) is 62.4 Å². The molecule has 5 heteroatoms. The molecule has 5 nitrogen and oxygen atoms in total. The van der Waals surface area contributed by atoms with Gasteiger partial charge in [-0.25, -0.2) is 0 Å². The van der Waals surface area contributed by atoms with Crippen LogP contribution in [0.2, 0.25) is 0 Å². The molecule has 0 radical (unpaired) electrons. The molecule has 1 aromatic carbocycles. The van der Waals surface area contributed by atoms with Crippen molar-refractivity contribution in [2.24, 2.45) is 11.8 Å². The summed E-state index contributed by atoms with van der Waals surface area (Å²) in [6, 6.07) is 7.76. The first kappa shape index (κ1) is 17.9. The molecular weight excluding hydrogens is 314 g/mol. The van der Waals surface area contributed by atoms with Gasteiger partial charge in [0.15, 0.2) is 0 Å². The van der Waals surface area contributed by atoms with Gasteiger partial charge < -0.3 is 15.5 Å². The van der Waals surface area contributed by atoms with Gasteiger partial charge in [-0.15, -0.1) is 0 Å². The summed E-state index contributed by atoms with van der Waals surface area (Å²) in [5, 5.41) is 6.49. The molecule has 2 N–H and O–H groups in total. The number of carbonyl (C=O) groups excluding carboxylic acids is 2. The molecule has 136 valence electrons. The number of hydrogen-bond acceptors (Lipinski definition) is 3. The van der Waals surface area contributed by atoms with Gasteiger partial charge in [0.2, 0.25) is 5.91 Å². The maximum absolute atomic E-state index is 12.6. The molecule has 0 unspecified atom stereocenters. The maximum atomic E-state index is 12.6. The van der Waals surface area contributed by atoms with E-state index in [2.05, 4.69) is 10.6 Å². The number of amides is 2. The van der Waals surface area contributed by atoms with Crippen molar-refractivity contribution in [1.29, 1.82) is 0 Å². The highest BCUT2D eigenvalue weighted by Crippen LogP contribution is 2.28. The summed E-state index contributed by atoms with van der Waals surface area (Å²) in [4.78, 5) is 26.3. The summed E-state index contributed by atoms with van der Waals surface area (Å²) >= 11 is 0. The first-order valence-corrected chi connectivity index (χ1v) is 9.46. The Bertz CT molecular complexity index is 600. The lowest BCUT2D eigenvalue weighted by Gasteiger charge is -2.32. The van der Waals surface area contributed by atoms with E-state index in [0.29, 0.717) is 11.6 Å². The highest BCUT2D eigenvalue weighted by Gasteiger charge is 2.26. The lowest BCUT2D eigenvalue weighted by molar-refractivity contribution is -0.118. The second-order valence-electron chi connectivity index (χ2n) is 7.64. The van der Waals surface area contributed by atoms with Crippen LogP contribution in [0.25, 0.3) is 0 Å². The molecule has 2 aliphatic rings. The topological polar surface area (TPSA) is 61.4 Å². The zero-order chi connectivity index (χ0) is 17.8. The molecule has 1 aliphatic heterocycles. The molecule has 2 fully saturated rings. The minimum absolute atomic E-state index is 0.0140. The number of nitrogens with zero attached hydrogens (tertiary/aromatic N) is 1. The second kappa shape index (κ2) is 8.00. The van der Waals surface area contributed by atoms with Gasteiger partial charge in [0.25, 0.3) is 5.91 Å². The van der Waals surface area contributed by atoms with E-state index in [0.717, 1.165) is 44.1 Å². The number of carbonyl (C=O) groups is 2. The highest BCUT2D eigenvalue weighted by molar-refractivity contribution is 5.96. The third kappa shape index (κ3) is 5.05. The van der Waals surface area contributed by atoms with Gasteiger partial charge in [0, 0.05) is 36.3 Å². The summed E-state index contributed by atoms with van der Waals surface area (Å²) < 4.78 is 0. The molecule has 0 atom stereocenters. The Morgan fingerprint density at radius 3 is 2.28 bits per heavy atom. The minimum atomic E-state index is -0.0591. The standard InChI is InChI=1S/C20H29N3O2/c1-14(2)19(24)22-18-7-5-16(6-8-18)20(25)23-11-9-17(10-12-23)21-13-15-3-4-15/h5-8,14-15,17,21H,3-4,9-13H2,1-2H3,(H,22,24). The van der Waals surface area contributed by atoms with E-state index in [-0.39, 0.29) is 17.7 Å². The SMILES string of the molecule is CC(C)C(=O)Nc1ccc(C(=O)N2CCC(NCC3CC3)CC2)cc1. The van der Waals surface area contributed by atoms with Crippen molar-refractivity contribution in [3.05, 3.63) is 29.8 Å². The molecule has 1 aromatic rings. The van der Waals surface area contributed by atoms with Gasteiger partial charge in [-0.2, -0.15) is 0 Å². The number of likely N-dealkylation sites (tertiary alicyclic amines) is 1. The fraction of sp³-hybridized carbons (Fsp3) is 0.600. The fourth-order valence-electron chi connectivity index (χ4n) is 3.11. The highest BCUT2D eigenvalue weighted by atomic mass is 16.2. The maximum Gasteiger partial charge on any atom is 0.253 e. The van der Waals surface area contributed by atoms with Crippen LogP contribution in [0.1, 0.15) is 49.9 Å². The number of nitrogens with one attached hydrogen (secondary N) is 2. The number of piperidine rings is 1. The first-order chi connectivity index (χ1) is 12.0. The fourth-order valence-corrected chi connectivity index (χ4v) is 3.11. The molecule has 25 heavy (non-hydrogen) atoms. The quantitative estimate of drug-likeness (QED) is 0.835. The molecule has 1 saturated carbocycles. The predicted octanol–water partition coefficient (Wildman–Crippen LogP) is 2.89. The van der Waals surface area contributed by atoms with E-state index in [4.69, 9.17) is 0 Å². The van der Waals surface area contributed by atoms with Crippen molar-refractivity contribution in [3.8, 4) is 0 Å². The normalized spacial score (nSPS) is 18.4. The molecule has 1 saturated heterocycles. The molecule has 0 bridgehead atoms. The third-order valence-corrected chi connectivity index (χ3v) is 5.10. The van der Waals surface area contributed by atoms with Crippen LogP contribution in [0, 0.1) is 11.8 Å². The van der Waals surface area contributed by atoms with E-state index in [1.54, 1.807) is 24.3 Å². The number of anilines is 1. The summed E-state index contributed by atoms with van der Waals surface area (Å²) in [5.74, 6) is 0.910. The largest absolute Gasteiger partial charge is 0.339 e. The molecule has 0 aromatic heterocycles. The predicted molar refractivity (Wildman–Crippen MR) is 99.6 cm³/mol. The van der Waals surface area contributed by atoms with Crippen molar-refractivity contribution < 1.29 is 9.59 Å². The summed E-state index contributed by atoms with van der Waals surface area (Å²) in [6.07, 6.45) is 4.80. The Balaban J connectivity index is 1.48. The van der Waals surface area contributed by atoms with Crippen LogP contribution in [0.3, 0.4) is 0 Å². The van der Waals surface area contributed by atoms with Crippen LogP contribution in [0.4, 0.5) is 5.69 Å². The Labute approximate surface area is 150 Å². The zero-order valence-corrected chi connectivity index (χ0v) is 15.3. The van der Waals surface area contributed by atoms with Gasteiger partial charge in [-0.1, -0.05) is 13.8 Å². The number of hydrogen-bond donors (Lipinski definition) is 2. The monoisotopic (exact) mass is 343 g/mol. The van der Waals surface area contributed by atoms with Crippen LogP contribution in [-0.2, 0) is 4.79 Å². The van der Waals surface area contributed by atoms with Crippen LogP contribution in [-0.4, -0.2) is 42.4 Å². The van der Waals surface area contributed by atoms with E-state index < -0.39 is 0 Å². The van der Waals surface area contributed by atoms with Crippen molar-refractivity contribution in [2.45, 2.75) is 45.6 Å². The Morgan fingerprint density at radius 1 is 1.08 bits per heavy atom. The van der Waals surface area contributed by atoms with Gasteiger partial charge in [-0.3, -0.25) is 9.59 Å². The van der Waals surface area contributed by atoms with Crippen LogP contribution in [0.5, 0.6) is 0 Å². The smallest absolute Gasteiger partial charge is 0.253 e. The average Bonchev–Trinajstić information content (AvgIpc) is 3.45. The summed E-state index contributed by atoms with van der Waals surface area (Å²) in [5.41, 5.74) is 1.42. The Hall–Kier alpha value is -1.88.